The average molecular weight is 224 g/mol. The summed E-state index contributed by atoms with van der Waals surface area (Å²) in [6.07, 6.45) is 4.91. The molecule has 0 atom stereocenters. The van der Waals surface area contributed by atoms with E-state index in [2.05, 4.69) is 29.5 Å². The maximum atomic E-state index is 4.08. The van der Waals surface area contributed by atoms with E-state index >= 15 is 0 Å². The zero-order valence-electron chi connectivity index (χ0n) is 10.7. The summed E-state index contributed by atoms with van der Waals surface area (Å²) in [4.78, 5) is 4.08. The molecule has 0 spiro atoms. The minimum atomic E-state index is 0.738. The Balaban J connectivity index is 1.94. The van der Waals surface area contributed by atoms with Crippen molar-refractivity contribution in [3.8, 4) is 0 Å². The molecule has 0 unspecified atom stereocenters. The Kier molecular flexibility index (Phi) is 6.11. The van der Waals surface area contributed by atoms with Crippen LogP contribution in [0.1, 0.15) is 26.0 Å². The molecule has 0 fully saturated rings. The molecular formula is C12H24N4. The van der Waals surface area contributed by atoms with Gasteiger partial charge in [-0.15, -0.1) is 0 Å². The lowest BCUT2D eigenvalue weighted by Crippen LogP contribution is -2.25. The SMILES string of the molecule is CC(C)CNCCCNCc1cncn1C. The first kappa shape index (κ1) is 13.2. The zero-order chi connectivity index (χ0) is 11.8. The maximum Gasteiger partial charge on any atom is 0.0945 e. The molecule has 4 heteroatoms. The second-order valence-corrected chi connectivity index (χ2v) is 4.62. The number of hydrogen-bond acceptors (Lipinski definition) is 3. The summed E-state index contributed by atoms with van der Waals surface area (Å²) in [7, 11) is 2.02. The highest BCUT2D eigenvalue weighted by molar-refractivity contribution is 4.96. The Morgan fingerprint density at radius 2 is 2.06 bits per heavy atom. The summed E-state index contributed by atoms with van der Waals surface area (Å²) in [6, 6.07) is 0. The van der Waals surface area contributed by atoms with Crippen molar-refractivity contribution < 1.29 is 0 Å². The molecule has 1 rings (SSSR count). The van der Waals surface area contributed by atoms with Crippen molar-refractivity contribution in [1.82, 2.24) is 20.2 Å². The van der Waals surface area contributed by atoms with E-state index in [1.165, 1.54) is 12.1 Å². The largest absolute Gasteiger partial charge is 0.337 e. The van der Waals surface area contributed by atoms with Crippen LogP contribution in [0.15, 0.2) is 12.5 Å². The van der Waals surface area contributed by atoms with Crippen molar-refractivity contribution in [3.05, 3.63) is 18.2 Å². The number of imidazole rings is 1. The minimum Gasteiger partial charge on any atom is -0.337 e. The number of nitrogens with one attached hydrogen (secondary N) is 2. The molecule has 0 saturated carbocycles. The van der Waals surface area contributed by atoms with Gasteiger partial charge in [-0.2, -0.15) is 0 Å². The number of rotatable bonds is 8. The molecule has 0 amide bonds. The molecule has 0 radical (unpaired) electrons. The molecule has 1 heterocycles. The smallest absolute Gasteiger partial charge is 0.0945 e. The lowest BCUT2D eigenvalue weighted by Gasteiger charge is -2.08. The highest BCUT2D eigenvalue weighted by Gasteiger charge is 1.97. The normalized spacial score (nSPS) is 11.2. The summed E-state index contributed by atoms with van der Waals surface area (Å²) < 4.78 is 2.05. The Bertz CT molecular complexity index is 280. The highest BCUT2D eigenvalue weighted by Crippen LogP contribution is 1.94. The molecule has 0 aromatic carbocycles. The van der Waals surface area contributed by atoms with Crippen LogP contribution in [0.5, 0.6) is 0 Å². The van der Waals surface area contributed by atoms with Crippen molar-refractivity contribution in [3.63, 3.8) is 0 Å². The van der Waals surface area contributed by atoms with Crippen molar-refractivity contribution in [1.29, 1.82) is 0 Å². The summed E-state index contributed by atoms with van der Waals surface area (Å²) in [5.41, 5.74) is 1.23. The molecule has 0 bridgehead atoms. The number of nitrogens with zero attached hydrogens (tertiary/aromatic N) is 2. The van der Waals surface area contributed by atoms with E-state index < -0.39 is 0 Å². The zero-order valence-corrected chi connectivity index (χ0v) is 10.7. The fourth-order valence-electron chi connectivity index (χ4n) is 1.50. The van der Waals surface area contributed by atoms with Crippen LogP contribution in [0.25, 0.3) is 0 Å². The van der Waals surface area contributed by atoms with Crippen molar-refractivity contribution >= 4 is 0 Å². The molecule has 0 aliphatic carbocycles. The second-order valence-electron chi connectivity index (χ2n) is 4.62. The Morgan fingerprint density at radius 3 is 2.69 bits per heavy atom. The van der Waals surface area contributed by atoms with Crippen LogP contribution in [0.4, 0.5) is 0 Å². The second kappa shape index (κ2) is 7.41. The van der Waals surface area contributed by atoms with Crippen molar-refractivity contribution in [2.45, 2.75) is 26.8 Å². The lowest BCUT2D eigenvalue weighted by molar-refractivity contribution is 0.528. The standard InChI is InChI=1S/C12H24N4/c1-11(2)7-13-5-4-6-14-8-12-9-15-10-16(12)3/h9-11,13-14H,4-8H2,1-3H3. The third kappa shape index (κ3) is 5.28. The quantitative estimate of drug-likeness (QED) is 0.651. The molecule has 1 aromatic rings. The van der Waals surface area contributed by atoms with Gasteiger partial charge in [0.05, 0.1) is 12.0 Å². The average Bonchev–Trinajstić information content (AvgIpc) is 2.62. The summed E-state index contributed by atoms with van der Waals surface area (Å²) in [5.74, 6) is 0.738. The lowest BCUT2D eigenvalue weighted by atomic mass is 10.2. The van der Waals surface area contributed by atoms with Crippen LogP contribution >= 0.6 is 0 Å². The third-order valence-electron chi connectivity index (χ3n) is 2.48. The van der Waals surface area contributed by atoms with E-state index in [1.54, 1.807) is 0 Å². The minimum absolute atomic E-state index is 0.738. The van der Waals surface area contributed by atoms with Gasteiger partial charge in [-0.3, -0.25) is 0 Å². The van der Waals surface area contributed by atoms with Gasteiger partial charge in [-0.05, 0) is 32.0 Å². The monoisotopic (exact) mass is 224 g/mol. The number of aryl methyl sites for hydroxylation is 1. The molecule has 1 aromatic heterocycles. The van der Waals surface area contributed by atoms with E-state index in [-0.39, 0.29) is 0 Å². The summed E-state index contributed by atoms with van der Waals surface area (Å²) in [5, 5.41) is 6.85. The van der Waals surface area contributed by atoms with E-state index in [0.717, 1.165) is 32.1 Å². The fourth-order valence-corrected chi connectivity index (χ4v) is 1.50. The molecule has 0 aliphatic rings. The molecule has 0 aliphatic heterocycles. The topological polar surface area (TPSA) is 41.9 Å². The van der Waals surface area contributed by atoms with Gasteiger partial charge in [0.25, 0.3) is 0 Å². The van der Waals surface area contributed by atoms with Gasteiger partial charge in [-0.1, -0.05) is 13.8 Å². The van der Waals surface area contributed by atoms with Crippen LogP contribution in [0, 0.1) is 5.92 Å². The van der Waals surface area contributed by atoms with Crippen LogP contribution in [-0.2, 0) is 13.6 Å². The van der Waals surface area contributed by atoms with Crippen molar-refractivity contribution in [2.24, 2.45) is 13.0 Å². The fraction of sp³-hybridized carbons (Fsp3) is 0.750. The first-order chi connectivity index (χ1) is 7.70. The van der Waals surface area contributed by atoms with E-state index in [0.29, 0.717) is 0 Å². The summed E-state index contributed by atoms with van der Waals surface area (Å²) in [6.45, 7) is 8.62. The van der Waals surface area contributed by atoms with Crippen LogP contribution in [0.3, 0.4) is 0 Å². The third-order valence-corrected chi connectivity index (χ3v) is 2.48. The van der Waals surface area contributed by atoms with E-state index in [9.17, 15) is 0 Å². The molecule has 16 heavy (non-hydrogen) atoms. The number of aromatic nitrogens is 2. The molecular weight excluding hydrogens is 200 g/mol. The predicted molar refractivity (Wildman–Crippen MR) is 67.2 cm³/mol. The van der Waals surface area contributed by atoms with Crippen molar-refractivity contribution in [2.75, 3.05) is 19.6 Å². The number of hydrogen-bond donors (Lipinski definition) is 2. The Labute approximate surface area is 98.5 Å². The van der Waals surface area contributed by atoms with Gasteiger partial charge in [0, 0.05) is 19.8 Å². The van der Waals surface area contributed by atoms with Gasteiger partial charge in [-0.25, -0.2) is 4.98 Å². The predicted octanol–water partition coefficient (Wildman–Crippen LogP) is 1.15. The van der Waals surface area contributed by atoms with Gasteiger partial charge < -0.3 is 15.2 Å². The van der Waals surface area contributed by atoms with E-state index in [4.69, 9.17) is 0 Å². The molecule has 2 N–H and O–H groups in total. The Hall–Kier alpha value is -0.870. The maximum absolute atomic E-state index is 4.08. The molecule has 0 saturated heterocycles. The molecule has 4 nitrogen and oxygen atoms in total. The van der Waals surface area contributed by atoms with Crippen LogP contribution in [0.2, 0.25) is 0 Å². The van der Waals surface area contributed by atoms with Gasteiger partial charge in [0.1, 0.15) is 0 Å². The van der Waals surface area contributed by atoms with Gasteiger partial charge in [0.15, 0.2) is 0 Å². The first-order valence-electron chi connectivity index (χ1n) is 6.06. The molecule has 92 valence electrons. The summed E-state index contributed by atoms with van der Waals surface area (Å²) >= 11 is 0. The van der Waals surface area contributed by atoms with Gasteiger partial charge in [0.2, 0.25) is 0 Å². The Morgan fingerprint density at radius 1 is 1.31 bits per heavy atom. The van der Waals surface area contributed by atoms with Crippen LogP contribution < -0.4 is 10.6 Å². The van der Waals surface area contributed by atoms with E-state index in [1.807, 2.05) is 24.1 Å². The highest BCUT2D eigenvalue weighted by atomic mass is 15.0. The first-order valence-corrected chi connectivity index (χ1v) is 6.06. The van der Waals surface area contributed by atoms with Crippen LogP contribution in [-0.4, -0.2) is 29.2 Å². The van der Waals surface area contributed by atoms with Gasteiger partial charge >= 0.3 is 0 Å².